The average molecular weight is 725 g/mol. The molecule has 7 aromatic carbocycles. The van der Waals surface area contributed by atoms with Gasteiger partial charge in [-0.3, -0.25) is 9.98 Å². The Morgan fingerprint density at radius 2 is 0.768 bits per heavy atom. The van der Waals surface area contributed by atoms with Crippen LogP contribution in [0.2, 0.25) is 0 Å². The van der Waals surface area contributed by atoms with E-state index in [4.69, 9.17) is 19.9 Å². The van der Waals surface area contributed by atoms with E-state index in [2.05, 4.69) is 9.98 Å². The van der Waals surface area contributed by atoms with Gasteiger partial charge in [0.15, 0.2) is 11.6 Å². The summed E-state index contributed by atoms with van der Waals surface area (Å²) >= 11 is 0. The summed E-state index contributed by atoms with van der Waals surface area (Å²) in [6, 6.07) is 54.0. The normalized spacial score (nSPS) is 11.6. The van der Waals surface area contributed by atoms with Crippen LogP contribution in [0.1, 0.15) is 11.1 Å². The number of phenols is 2. The van der Waals surface area contributed by atoms with Crippen molar-refractivity contribution in [3.8, 4) is 56.8 Å². The number of aromatic hydroxyl groups is 2. The maximum absolute atomic E-state index is 10.2. The predicted molar refractivity (Wildman–Crippen MR) is 225 cm³/mol. The summed E-state index contributed by atoms with van der Waals surface area (Å²) in [4.78, 5) is 29.5. The SMILES string of the molecule is Oc1ccccc1C=Nc1ccc2nc(-c3ccc(-c4nc(-c5ccccc5)c5cc(N=Cc6ccccc6O)ccc5n4)cc3)nc(-c3ccccc3)c2c1. The number of nitrogens with zero attached hydrogens (tertiary/aromatic N) is 6. The van der Waals surface area contributed by atoms with E-state index in [1.807, 2.05) is 146 Å². The van der Waals surface area contributed by atoms with Gasteiger partial charge in [0.05, 0.1) is 33.8 Å². The first kappa shape index (κ1) is 34.0. The lowest BCUT2D eigenvalue weighted by molar-refractivity contribution is 0.474. The highest BCUT2D eigenvalue weighted by Gasteiger charge is 2.15. The lowest BCUT2D eigenvalue weighted by Gasteiger charge is -2.12. The van der Waals surface area contributed by atoms with Gasteiger partial charge < -0.3 is 10.2 Å². The van der Waals surface area contributed by atoms with Crippen LogP contribution < -0.4 is 0 Å². The van der Waals surface area contributed by atoms with Gasteiger partial charge in [0.1, 0.15) is 11.5 Å². The first-order valence-corrected chi connectivity index (χ1v) is 18.1. The number of hydrogen-bond acceptors (Lipinski definition) is 8. The molecule has 0 radical (unpaired) electrons. The van der Waals surface area contributed by atoms with Crippen molar-refractivity contribution in [2.45, 2.75) is 0 Å². The summed E-state index contributed by atoms with van der Waals surface area (Å²) in [6.07, 6.45) is 3.31. The molecule has 56 heavy (non-hydrogen) atoms. The van der Waals surface area contributed by atoms with E-state index in [-0.39, 0.29) is 11.5 Å². The van der Waals surface area contributed by atoms with Gasteiger partial charge in [-0.2, -0.15) is 0 Å². The largest absolute Gasteiger partial charge is 0.507 e. The molecule has 2 aromatic heterocycles. The van der Waals surface area contributed by atoms with E-state index in [0.29, 0.717) is 22.8 Å². The van der Waals surface area contributed by atoms with Crippen LogP contribution in [-0.2, 0) is 0 Å². The van der Waals surface area contributed by atoms with Gasteiger partial charge in [-0.25, -0.2) is 19.9 Å². The number of benzene rings is 7. The van der Waals surface area contributed by atoms with Crippen molar-refractivity contribution in [3.63, 3.8) is 0 Å². The molecule has 0 aliphatic rings. The molecule has 2 N–H and O–H groups in total. The van der Waals surface area contributed by atoms with E-state index in [9.17, 15) is 10.2 Å². The second-order valence-corrected chi connectivity index (χ2v) is 13.1. The lowest BCUT2D eigenvalue weighted by Crippen LogP contribution is -1.97. The van der Waals surface area contributed by atoms with Crippen LogP contribution in [0.5, 0.6) is 11.5 Å². The molecular weight excluding hydrogens is 693 g/mol. The zero-order chi connectivity index (χ0) is 37.8. The van der Waals surface area contributed by atoms with Crippen molar-refractivity contribution in [2.24, 2.45) is 9.98 Å². The molecule has 2 heterocycles. The van der Waals surface area contributed by atoms with Crippen LogP contribution in [0, 0.1) is 0 Å². The molecule has 0 unspecified atom stereocenters. The van der Waals surface area contributed by atoms with Gasteiger partial charge in [-0.15, -0.1) is 0 Å². The van der Waals surface area contributed by atoms with Crippen LogP contribution in [0.25, 0.3) is 67.1 Å². The summed E-state index contributed by atoms with van der Waals surface area (Å²) in [5.41, 5.74) is 9.51. The zero-order valence-electron chi connectivity index (χ0n) is 29.9. The molecule has 0 atom stereocenters. The average Bonchev–Trinajstić information content (AvgIpc) is 3.25. The maximum Gasteiger partial charge on any atom is 0.160 e. The fraction of sp³-hybridized carbons (Fsp3) is 0. The topological polar surface area (TPSA) is 117 Å². The standard InChI is InChI=1S/C48H32N6O2/c55-43-17-9-7-15-35(43)29-49-37-23-25-41-39(27-37)45(31-11-3-1-4-12-31)53-47(51-41)33-19-21-34(22-20-33)48-52-42-26-24-38(50-30-36-16-8-10-18-44(36)56)28-40(42)46(54-48)32-13-5-2-6-14-32/h1-30,55-56H. The highest BCUT2D eigenvalue weighted by molar-refractivity contribution is 5.98. The molecule has 0 aliphatic carbocycles. The van der Waals surface area contributed by atoms with E-state index < -0.39 is 0 Å². The fourth-order valence-corrected chi connectivity index (χ4v) is 6.53. The minimum atomic E-state index is 0.173. The number of phenolic OH excluding ortho intramolecular Hbond substituents is 2. The summed E-state index contributed by atoms with van der Waals surface area (Å²) < 4.78 is 0. The molecule has 8 nitrogen and oxygen atoms in total. The molecule has 9 rings (SSSR count). The molecule has 0 saturated heterocycles. The van der Waals surface area contributed by atoms with Crippen LogP contribution in [0.3, 0.4) is 0 Å². The number of aromatic nitrogens is 4. The smallest absolute Gasteiger partial charge is 0.160 e. The molecule has 8 heteroatoms. The Morgan fingerprint density at radius 1 is 0.375 bits per heavy atom. The molecule has 0 bridgehead atoms. The highest BCUT2D eigenvalue weighted by Crippen LogP contribution is 2.34. The second-order valence-electron chi connectivity index (χ2n) is 13.1. The minimum absolute atomic E-state index is 0.173. The Balaban J connectivity index is 1.08. The third-order valence-electron chi connectivity index (χ3n) is 9.43. The van der Waals surface area contributed by atoms with Gasteiger partial charge in [-0.1, -0.05) is 109 Å². The van der Waals surface area contributed by atoms with Gasteiger partial charge in [0.2, 0.25) is 0 Å². The maximum atomic E-state index is 10.2. The van der Waals surface area contributed by atoms with Crippen molar-refractivity contribution in [1.29, 1.82) is 0 Å². The van der Waals surface area contributed by atoms with Crippen molar-refractivity contribution in [1.82, 2.24) is 19.9 Å². The quantitative estimate of drug-likeness (QED) is 0.151. The number of fused-ring (bicyclic) bond motifs is 2. The van der Waals surface area contributed by atoms with Crippen molar-refractivity contribution >= 4 is 45.6 Å². The van der Waals surface area contributed by atoms with E-state index >= 15 is 0 Å². The van der Waals surface area contributed by atoms with Gasteiger partial charge >= 0.3 is 0 Å². The molecule has 0 spiro atoms. The molecular formula is C48H32N6O2. The van der Waals surface area contributed by atoms with Crippen LogP contribution >= 0.6 is 0 Å². The minimum Gasteiger partial charge on any atom is -0.507 e. The van der Waals surface area contributed by atoms with E-state index in [1.54, 1.807) is 36.7 Å². The third kappa shape index (κ3) is 6.98. The summed E-state index contributed by atoms with van der Waals surface area (Å²) in [5.74, 6) is 1.53. The van der Waals surface area contributed by atoms with Crippen LogP contribution in [-0.4, -0.2) is 42.6 Å². The molecule has 0 aliphatic heterocycles. The number of rotatable bonds is 8. The Labute approximate surface area is 322 Å². The van der Waals surface area contributed by atoms with Crippen molar-refractivity contribution < 1.29 is 10.2 Å². The number of para-hydroxylation sites is 2. The molecule has 266 valence electrons. The fourth-order valence-electron chi connectivity index (χ4n) is 6.53. The monoisotopic (exact) mass is 724 g/mol. The summed E-state index contributed by atoms with van der Waals surface area (Å²) in [6.45, 7) is 0. The third-order valence-corrected chi connectivity index (χ3v) is 9.43. The summed E-state index contributed by atoms with van der Waals surface area (Å²) in [5, 5.41) is 22.2. The van der Waals surface area contributed by atoms with Gasteiger partial charge in [0.25, 0.3) is 0 Å². The van der Waals surface area contributed by atoms with Gasteiger partial charge in [0, 0.05) is 56.6 Å². The number of aliphatic imine (C=N–C) groups is 2. The molecule has 0 fully saturated rings. The summed E-state index contributed by atoms with van der Waals surface area (Å²) in [7, 11) is 0. The predicted octanol–water partition coefficient (Wildman–Crippen LogP) is 11.2. The Hall–Kier alpha value is -7.84. The van der Waals surface area contributed by atoms with E-state index in [0.717, 1.165) is 66.8 Å². The number of hydrogen-bond donors (Lipinski definition) is 2. The Morgan fingerprint density at radius 3 is 1.18 bits per heavy atom. The Kier molecular flexibility index (Phi) is 9.03. The zero-order valence-corrected chi connectivity index (χ0v) is 29.9. The van der Waals surface area contributed by atoms with Crippen molar-refractivity contribution in [3.05, 3.63) is 181 Å². The first-order chi connectivity index (χ1) is 27.6. The molecule has 9 aromatic rings. The highest BCUT2D eigenvalue weighted by atomic mass is 16.3. The molecule has 0 amide bonds. The van der Waals surface area contributed by atoms with Crippen LogP contribution in [0.15, 0.2) is 180 Å². The first-order valence-electron chi connectivity index (χ1n) is 18.1. The van der Waals surface area contributed by atoms with E-state index in [1.165, 1.54) is 0 Å². The van der Waals surface area contributed by atoms with Crippen molar-refractivity contribution in [2.75, 3.05) is 0 Å². The Bertz CT molecular complexity index is 2730. The van der Waals surface area contributed by atoms with Gasteiger partial charge in [-0.05, 0) is 60.7 Å². The molecule has 0 saturated carbocycles. The van der Waals surface area contributed by atoms with Crippen LogP contribution in [0.4, 0.5) is 11.4 Å². The lowest BCUT2D eigenvalue weighted by atomic mass is 10.0. The second kappa shape index (κ2) is 14.9.